The number of hydrogen-bond donors (Lipinski definition) is 1. The topological polar surface area (TPSA) is 79.5 Å². The van der Waals surface area contributed by atoms with Crippen molar-refractivity contribution in [2.24, 2.45) is 5.92 Å². The summed E-state index contributed by atoms with van der Waals surface area (Å²) in [6.07, 6.45) is 8.76. The van der Waals surface area contributed by atoms with Crippen LogP contribution in [-0.4, -0.2) is 32.2 Å². The number of carbonyl (C=O) groups is 1. The number of nitrogens with zero attached hydrogens (tertiary/aromatic N) is 3. The van der Waals surface area contributed by atoms with Crippen LogP contribution in [0.15, 0.2) is 47.0 Å². The van der Waals surface area contributed by atoms with Crippen molar-refractivity contribution < 1.29 is 14.4 Å². The predicted octanol–water partition coefficient (Wildman–Crippen LogP) is 6.44. The van der Waals surface area contributed by atoms with Crippen LogP contribution in [0.25, 0.3) is 22.8 Å². The summed E-state index contributed by atoms with van der Waals surface area (Å²) in [6.45, 7) is 1.84. The quantitative estimate of drug-likeness (QED) is 0.440. The van der Waals surface area contributed by atoms with Gasteiger partial charge in [-0.25, -0.2) is 0 Å². The summed E-state index contributed by atoms with van der Waals surface area (Å²) in [5.74, 6) is 1.07. The maximum Gasteiger partial charge on any atom is 0.306 e. The molecular formula is C28H32ClN3O3. The van der Waals surface area contributed by atoms with Crippen molar-refractivity contribution in [1.29, 1.82) is 0 Å². The van der Waals surface area contributed by atoms with Crippen LogP contribution < -0.4 is 0 Å². The number of fused-ring (bicyclic) bond motifs is 1. The zero-order valence-corrected chi connectivity index (χ0v) is 20.7. The fourth-order valence-corrected chi connectivity index (χ4v) is 6.12. The van der Waals surface area contributed by atoms with Crippen molar-refractivity contribution in [2.45, 2.75) is 76.4 Å². The zero-order valence-electron chi connectivity index (χ0n) is 19.9. The molecule has 0 radical (unpaired) electrons. The molecule has 3 aliphatic rings. The second-order valence-electron chi connectivity index (χ2n) is 10.3. The summed E-state index contributed by atoms with van der Waals surface area (Å²) in [7, 11) is 0. The van der Waals surface area contributed by atoms with Gasteiger partial charge in [0.05, 0.1) is 5.92 Å². The summed E-state index contributed by atoms with van der Waals surface area (Å²) in [5, 5.41) is 13.5. The van der Waals surface area contributed by atoms with Gasteiger partial charge >= 0.3 is 5.97 Å². The Morgan fingerprint density at radius 2 is 1.57 bits per heavy atom. The molecule has 2 heterocycles. The first kappa shape index (κ1) is 24.0. The van der Waals surface area contributed by atoms with Crippen molar-refractivity contribution >= 4 is 18.4 Å². The van der Waals surface area contributed by atoms with Gasteiger partial charge in [-0.15, -0.1) is 12.4 Å². The smallest absolute Gasteiger partial charge is 0.306 e. The van der Waals surface area contributed by atoms with E-state index in [0.29, 0.717) is 23.7 Å². The van der Waals surface area contributed by atoms with Crippen LogP contribution in [0.5, 0.6) is 0 Å². The molecule has 0 atom stereocenters. The Labute approximate surface area is 212 Å². The lowest BCUT2D eigenvalue weighted by molar-refractivity contribution is -0.143. The third-order valence-electron chi connectivity index (χ3n) is 8.18. The average molecular weight is 494 g/mol. The number of carboxylic acids is 1. The summed E-state index contributed by atoms with van der Waals surface area (Å²) >= 11 is 0. The van der Waals surface area contributed by atoms with Gasteiger partial charge in [0.1, 0.15) is 0 Å². The minimum atomic E-state index is -0.642. The Hall–Kier alpha value is -2.70. The first-order chi connectivity index (χ1) is 16.6. The molecule has 0 saturated heterocycles. The molecule has 2 aliphatic carbocycles. The molecule has 0 unspecified atom stereocenters. The van der Waals surface area contributed by atoms with Crippen LogP contribution in [0.3, 0.4) is 0 Å². The van der Waals surface area contributed by atoms with Crippen molar-refractivity contribution in [1.82, 2.24) is 15.0 Å². The third kappa shape index (κ3) is 4.87. The van der Waals surface area contributed by atoms with E-state index in [1.165, 1.54) is 42.4 Å². The maximum absolute atomic E-state index is 11.3. The van der Waals surface area contributed by atoms with E-state index in [4.69, 9.17) is 9.51 Å². The molecule has 1 aromatic heterocycles. The van der Waals surface area contributed by atoms with E-state index in [-0.39, 0.29) is 18.3 Å². The normalized spacial score (nSPS) is 22.6. The molecule has 184 valence electrons. The van der Waals surface area contributed by atoms with E-state index in [2.05, 4.69) is 52.5 Å². The highest BCUT2D eigenvalue weighted by molar-refractivity contribution is 5.85. The van der Waals surface area contributed by atoms with Gasteiger partial charge in [0.2, 0.25) is 5.82 Å². The van der Waals surface area contributed by atoms with E-state index >= 15 is 0 Å². The lowest BCUT2D eigenvalue weighted by Gasteiger charge is -2.33. The van der Waals surface area contributed by atoms with Crippen LogP contribution >= 0.6 is 12.4 Å². The standard InChI is InChI=1S/C28H31N3O3.ClH/c32-28(33)21-11-13-25(14-12-21)31-16-23-10-9-22(15-24(23)17-31)26-29-27(34-30-26)20-7-5-19(6-8-20)18-3-1-2-4-18;/h5-10,15,18,21,25H,1-4,11-14,16-17H2,(H,32,33);1H. The fourth-order valence-electron chi connectivity index (χ4n) is 6.12. The van der Waals surface area contributed by atoms with E-state index in [1.807, 2.05) is 0 Å². The molecule has 0 spiro atoms. The maximum atomic E-state index is 11.3. The molecule has 3 aromatic rings. The Morgan fingerprint density at radius 1 is 0.886 bits per heavy atom. The molecule has 6 nitrogen and oxygen atoms in total. The molecular weight excluding hydrogens is 462 g/mol. The number of aromatic nitrogens is 2. The first-order valence-corrected chi connectivity index (χ1v) is 12.7. The molecule has 2 aromatic carbocycles. The van der Waals surface area contributed by atoms with Crippen LogP contribution in [0.1, 0.15) is 74.0 Å². The average Bonchev–Trinajstić information content (AvgIpc) is 3.64. The van der Waals surface area contributed by atoms with E-state index in [0.717, 1.165) is 49.9 Å². The van der Waals surface area contributed by atoms with Crippen molar-refractivity contribution in [3.63, 3.8) is 0 Å². The molecule has 2 saturated carbocycles. The van der Waals surface area contributed by atoms with Gasteiger partial charge in [0, 0.05) is 30.3 Å². The van der Waals surface area contributed by atoms with Gasteiger partial charge in [-0.3, -0.25) is 9.69 Å². The highest BCUT2D eigenvalue weighted by Crippen LogP contribution is 2.36. The van der Waals surface area contributed by atoms with Gasteiger partial charge in [-0.2, -0.15) is 4.98 Å². The summed E-state index contributed by atoms with van der Waals surface area (Å²) in [4.78, 5) is 18.5. The summed E-state index contributed by atoms with van der Waals surface area (Å²) in [6, 6.07) is 15.6. The predicted molar refractivity (Wildman–Crippen MR) is 136 cm³/mol. The number of aliphatic carboxylic acids is 1. The molecule has 1 N–H and O–H groups in total. The molecule has 35 heavy (non-hydrogen) atoms. The number of carboxylic acid groups (broad SMARTS) is 1. The van der Waals surface area contributed by atoms with Gasteiger partial charge < -0.3 is 9.63 Å². The van der Waals surface area contributed by atoms with E-state index in [1.54, 1.807) is 0 Å². The zero-order chi connectivity index (χ0) is 23.1. The summed E-state index contributed by atoms with van der Waals surface area (Å²) in [5.41, 5.74) is 6.01. The highest BCUT2D eigenvalue weighted by Gasteiger charge is 2.32. The molecule has 2 fully saturated rings. The SMILES string of the molecule is Cl.O=C(O)C1CCC(N2Cc3ccc(-c4noc(-c5ccc(C6CCCC6)cc5)n4)cc3C2)CC1. The largest absolute Gasteiger partial charge is 0.481 e. The lowest BCUT2D eigenvalue weighted by atomic mass is 9.85. The van der Waals surface area contributed by atoms with Crippen molar-refractivity contribution in [3.8, 4) is 22.8 Å². The van der Waals surface area contributed by atoms with Gasteiger partial charge in [0.25, 0.3) is 5.89 Å². The molecule has 7 heteroatoms. The summed E-state index contributed by atoms with van der Waals surface area (Å²) < 4.78 is 5.62. The van der Waals surface area contributed by atoms with E-state index < -0.39 is 5.97 Å². The van der Waals surface area contributed by atoms with Gasteiger partial charge in [0.15, 0.2) is 0 Å². The Kier molecular flexibility index (Phi) is 6.94. The second-order valence-corrected chi connectivity index (χ2v) is 10.3. The molecule has 0 bridgehead atoms. The monoisotopic (exact) mass is 493 g/mol. The van der Waals surface area contributed by atoms with Crippen LogP contribution in [-0.2, 0) is 17.9 Å². The molecule has 1 aliphatic heterocycles. The minimum Gasteiger partial charge on any atom is -0.481 e. The highest BCUT2D eigenvalue weighted by atomic mass is 35.5. The third-order valence-corrected chi connectivity index (χ3v) is 8.18. The Morgan fingerprint density at radius 3 is 2.29 bits per heavy atom. The van der Waals surface area contributed by atoms with Crippen molar-refractivity contribution in [3.05, 3.63) is 59.2 Å². The minimum absolute atomic E-state index is 0. The molecule has 6 rings (SSSR count). The number of hydrogen-bond acceptors (Lipinski definition) is 5. The Balaban J connectivity index is 0.00000253. The fraction of sp³-hybridized carbons (Fsp3) is 0.464. The number of benzene rings is 2. The van der Waals surface area contributed by atoms with Gasteiger partial charge in [-0.1, -0.05) is 42.3 Å². The Bertz CT molecular complexity index is 1180. The number of halogens is 1. The lowest BCUT2D eigenvalue weighted by Crippen LogP contribution is -2.35. The van der Waals surface area contributed by atoms with Gasteiger partial charge in [-0.05, 0) is 79.3 Å². The van der Waals surface area contributed by atoms with Crippen LogP contribution in [0, 0.1) is 5.92 Å². The van der Waals surface area contributed by atoms with Crippen LogP contribution in [0.2, 0.25) is 0 Å². The van der Waals surface area contributed by atoms with Crippen molar-refractivity contribution in [2.75, 3.05) is 0 Å². The van der Waals surface area contributed by atoms with Crippen LogP contribution in [0.4, 0.5) is 0 Å². The van der Waals surface area contributed by atoms with E-state index in [9.17, 15) is 9.90 Å². The number of rotatable bonds is 5. The molecule has 0 amide bonds. The first-order valence-electron chi connectivity index (χ1n) is 12.7. The second kappa shape index (κ2) is 10.1.